The molecule has 0 atom stereocenters. The second kappa shape index (κ2) is 6.79. The first-order valence-corrected chi connectivity index (χ1v) is 6.70. The number of rotatable bonds is 3. The molecule has 5 nitrogen and oxygen atoms in total. The standard InChI is InChI=1S/C15H12ClN3O2.ClH/c16-13-5-4-11(14-18-19-15(20)21-14)7-12(13)10-3-1-2-9(6-10)8-17;/h1-7H,8,17H2,(H,19,20);1H. The van der Waals surface area contributed by atoms with Crippen LogP contribution in [0.15, 0.2) is 51.7 Å². The Hall–Kier alpha value is -2.08. The van der Waals surface area contributed by atoms with Gasteiger partial charge in [0.15, 0.2) is 0 Å². The number of benzene rings is 2. The Morgan fingerprint density at radius 1 is 1.18 bits per heavy atom. The molecule has 0 amide bonds. The van der Waals surface area contributed by atoms with Crippen molar-refractivity contribution in [2.24, 2.45) is 5.73 Å². The molecule has 22 heavy (non-hydrogen) atoms. The molecule has 3 N–H and O–H groups in total. The molecule has 114 valence electrons. The predicted octanol–water partition coefficient (Wildman–Crippen LogP) is 3.23. The summed E-state index contributed by atoms with van der Waals surface area (Å²) in [5.74, 6) is -0.362. The van der Waals surface area contributed by atoms with Crippen LogP contribution < -0.4 is 11.5 Å². The van der Waals surface area contributed by atoms with Crippen molar-refractivity contribution >= 4 is 24.0 Å². The topological polar surface area (TPSA) is 84.9 Å². The molecule has 2 aromatic carbocycles. The molecule has 1 aromatic heterocycles. The summed E-state index contributed by atoms with van der Waals surface area (Å²) in [6.07, 6.45) is 0. The van der Waals surface area contributed by atoms with Gasteiger partial charge in [-0.15, -0.1) is 17.5 Å². The number of hydrogen-bond acceptors (Lipinski definition) is 4. The third-order valence-electron chi connectivity index (χ3n) is 3.13. The predicted molar refractivity (Wildman–Crippen MR) is 88.1 cm³/mol. The number of aromatic nitrogens is 2. The lowest BCUT2D eigenvalue weighted by atomic mass is 10.0. The van der Waals surface area contributed by atoms with Gasteiger partial charge < -0.3 is 10.2 Å². The SMILES string of the molecule is Cl.NCc1cccc(-c2cc(-c3n[nH]c(=O)o3)ccc2Cl)c1. The molecule has 7 heteroatoms. The molecular weight excluding hydrogens is 325 g/mol. The van der Waals surface area contributed by atoms with Crippen LogP contribution in [-0.2, 0) is 6.54 Å². The first-order valence-electron chi connectivity index (χ1n) is 6.32. The van der Waals surface area contributed by atoms with Gasteiger partial charge in [0.2, 0.25) is 5.89 Å². The molecule has 0 radical (unpaired) electrons. The fourth-order valence-electron chi connectivity index (χ4n) is 2.10. The fraction of sp³-hybridized carbons (Fsp3) is 0.0667. The quantitative estimate of drug-likeness (QED) is 0.768. The number of H-pyrrole nitrogens is 1. The lowest BCUT2D eigenvalue weighted by Crippen LogP contribution is -1.96. The van der Waals surface area contributed by atoms with Gasteiger partial charge in [-0.2, -0.15) is 0 Å². The molecule has 3 rings (SSSR count). The molecule has 0 bridgehead atoms. The molecular formula is C15H13Cl2N3O2. The van der Waals surface area contributed by atoms with Crippen LogP contribution in [0, 0.1) is 0 Å². The number of nitrogens with one attached hydrogen (secondary N) is 1. The Labute approximate surface area is 137 Å². The van der Waals surface area contributed by atoms with Gasteiger partial charge in [0.05, 0.1) is 0 Å². The van der Waals surface area contributed by atoms with Gasteiger partial charge in [0, 0.05) is 22.7 Å². The van der Waals surface area contributed by atoms with Crippen LogP contribution in [0.2, 0.25) is 5.02 Å². The van der Waals surface area contributed by atoms with E-state index in [0.717, 1.165) is 16.7 Å². The molecule has 0 fully saturated rings. The average molecular weight is 338 g/mol. The van der Waals surface area contributed by atoms with E-state index in [0.29, 0.717) is 17.1 Å². The summed E-state index contributed by atoms with van der Waals surface area (Å²) in [5.41, 5.74) is 9.12. The van der Waals surface area contributed by atoms with Crippen molar-refractivity contribution in [2.45, 2.75) is 6.54 Å². The largest absolute Gasteiger partial charge is 0.434 e. The number of nitrogens with two attached hydrogens (primary N) is 1. The van der Waals surface area contributed by atoms with Gasteiger partial charge >= 0.3 is 5.76 Å². The summed E-state index contributed by atoms with van der Waals surface area (Å²) in [6, 6.07) is 13.1. The number of nitrogens with zero attached hydrogens (tertiary/aromatic N) is 1. The minimum Gasteiger partial charge on any atom is -0.388 e. The second-order valence-corrected chi connectivity index (χ2v) is 4.92. The van der Waals surface area contributed by atoms with Crippen molar-refractivity contribution < 1.29 is 4.42 Å². The minimum absolute atomic E-state index is 0. The van der Waals surface area contributed by atoms with E-state index in [4.69, 9.17) is 21.8 Å². The first kappa shape index (κ1) is 16.3. The molecule has 0 saturated carbocycles. The third-order valence-corrected chi connectivity index (χ3v) is 3.45. The van der Waals surface area contributed by atoms with E-state index in [9.17, 15) is 4.79 Å². The molecule has 0 aliphatic heterocycles. The minimum atomic E-state index is -0.591. The van der Waals surface area contributed by atoms with Crippen molar-refractivity contribution in [3.63, 3.8) is 0 Å². The van der Waals surface area contributed by atoms with Gasteiger partial charge in [-0.3, -0.25) is 0 Å². The Morgan fingerprint density at radius 2 is 2.00 bits per heavy atom. The zero-order valence-electron chi connectivity index (χ0n) is 11.4. The van der Waals surface area contributed by atoms with Crippen molar-refractivity contribution in [3.8, 4) is 22.6 Å². The zero-order chi connectivity index (χ0) is 14.8. The monoisotopic (exact) mass is 337 g/mol. The number of hydrogen-bond donors (Lipinski definition) is 2. The van der Waals surface area contributed by atoms with Gasteiger partial charge in [0.25, 0.3) is 0 Å². The molecule has 0 aliphatic carbocycles. The van der Waals surface area contributed by atoms with Crippen LogP contribution in [0.1, 0.15) is 5.56 Å². The van der Waals surface area contributed by atoms with Gasteiger partial charge in [-0.1, -0.05) is 29.8 Å². The van der Waals surface area contributed by atoms with Crippen LogP contribution in [0.25, 0.3) is 22.6 Å². The summed E-state index contributed by atoms with van der Waals surface area (Å²) < 4.78 is 4.96. The van der Waals surface area contributed by atoms with Gasteiger partial charge in [-0.25, -0.2) is 9.89 Å². The average Bonchev–Trinajstić information content (AvgIpc) is 2.94. The highest BCUT2D eigenvalue weighted by atomic mass is 35.5. The highest BCUT2D eigenvalue weighted by Gasteiger charge is 2.10. The van der Waals surface area contributed by atoms with Gasteiger partial charge in [-0.05, 0) is 35.4 Å². The summed E-state index contributed by atoms with van der Waals surface area (Å²) in [4.78, 5) is 11.0. The smallest absolute Gasteiger partial charge is 0.388 e. The summed E-state index contributed by atoms with van der Waals surface area (Å²) in [7, 11) is 0. The highest BCUT2D eigenvalue weighted by Crippen LogP contribution is 2.32. The van der Waals surface area contributed by atoms with Crippen LogP contribution in [0.3, 0.4) is 0 Å². The van der Waals surface area contributed by atoms with E-state index in [-0.39, 0.29) is 18.3 Å². The summed E-state index contributed by atoms with van der Waals surface area (Å²) >= 11 is 6.27. The highest BCUT2D eigenvalue weighted by molar-refractivity contribution is 6.33. The van der Waals surface area contributed by atoms with Crippen molar-refractivity contribution in [2.75, 3.05) is 0 Å². The van der Waals surface area contributed by atoms with Crippen molar-refractivity contribution in [3.05, 3.63) is 63.6 Å². The lowest BCUT2D eigenvalue weighted by Gasteiger charge is -2.07. The Bertz CT molecular complexity index is 843. The lowest BCUT2D eigenvalue weighted by molar-refractivity contribution is 0.527. The third kappa shape index (κ3) is 3.22. The summed E-state index contributed by atoms with van der Waals surface area (Å²) in [6.45, 7) is 0.458. The number of halogens is 2. The van der Waals surface area contributed by atoms with E-state index < -0.39 is 5.76 Å². The Kier molecular flexibility index (Phi) is 5.03. The van der Waals surface area contributed by atoms with E-state index >= 15 is 0 Å². The number of aromatic amines is 1. The Morgan fingerprint density at radius 3 is 2.68 bits per heavy atom. The maximum atomic E-state index is 11.0. The Balaban J connectivity index is 0.00000176. The van der Waals surface area contributed by atoms with Crippen molar-refractivity contribution in [1.82, 2.24) is 10.2 Å². The van der Waals surface area contributed by atoms with Crippen molar-refractivity contribution in [1.29, 1.82) is 0 Å². The zero-order valence-corrected chi connectivity index (χ0v) is 12.9. The maximum Gasteiger partial charge on any atom is 0.434 e. The maximum absolute atomic E-state index is 11.0. The summed E-state index contributed by atoms with van der Waals surface area (Å²) in [5, 5.41) is 6.66. The van der Waals surface area contributed by atoms with Crippen LogP contribution in [-0.4, -0.2) is 10.2 Å². The first-order chi connectivity index (χ1) is 10.2. The van der Waals surface area contributed by atoms with E-state index in [1.165, 1.54) is 0 Å². The van der Waals surface area contributed by atoms with E-state index in [2.05, 4.69) is 10.2 Å². The van der Waals surface area contributed by atoms with Gasteiger partial charge in [0.1, 0.15) is 0 Å². The van der Waals surface area contributed by atoms with Crippen LogP contribution in [0.4, 0.5) is 0 Å². The molecule has 0 saturated heterocycles. The molecule has 1 heterocycles. The van der Waals surface area contributed by atoms with Crippen LogP contribution in [0.5, 0.6) is 0 Å². The fourth-order valence-corrected chi connectivity index (χ4v) is 2.33. The van der Waals surface area contributed by atoms with Crippen LogP contribution >= 0.6 is 24.0 Å². The normalized spacial score (nSPS) is 10.3. The molecule has 0 spiro atoms. The molecule has 3 aromatic rings. The van der Waals surface area contributed by atoms with E-state index in [1.54, 1.807) is 12.1 Å². The molecule has 0 aliphatic rings. The second-order valence-electron chi connectivity index (χ2n) is 4.52. The molecule has 0 unspecified atom stereocenters. The van der Waals surface area contributed by atoms with E-state index in [1.807, 2.05) is 30.3 Å².